The van der Waals surface area contributed by atoms with Gasteiger partial charge in [-0.25, -0.2) is 0 Å². The number of methoxy groups -OCH3 is 1. The molecule has 0 amide bonds. The maximum absolute atomic E-state index is 10.2. The summed E-state index contributed by atoms with van der Waals surface area (Å²) in [6.07, 6.45) is 4.08. The van der Waals surface area contributed by atoms with Gasteiger partial charge >= 0.3 is 0 Å². The summed E-state index contributed by atoms with van der Waals surface area (Å²) < 4.78 is 6.09. The van der Waals surface area contributed by atoms with Crippen molar-refractivity contribution in [3.05, 3.63) is 116 Å². The highest BCUT2D eigenvalue weighted by atomic mass is 127. The van der Waals surface area contributed by atoms with Crippen LogP contribution in [0.3, 0.4) is 0 Å². The molecule has 186 valence electrons. The molecule has 5 heteroatoms. The molecule has 2 aliphatic rings. The molecular formula is C32H29IN2O2. The zero-order valence-electron chi connectivity index (χ0n) is 20.8. The minimum atomic E-state index is 0.162. The minimum Gasteiger partial charge on any atom is -0.504 e. The van der Waals surface area contributed by atoms with Gasteiger partial charge in [0.1, 0.15) is 0 Å². The quantitative estimate of drug-likeness (QED) is 0.189. The van der Waals surface area contributed by atoms with Crippen molar-refractivity contribution in [2.24, 2.45) is 4.99 Å². The first kappa shape index (κ1) is 24.0. The number of phenolic OH excluding ortho intramolecular Hbond substituents is 1. The number of rotatable bonds is 5. The van der Waals surface area contributed by atoms with Crippen LogP contribution in [-0.2, 0) is 0 Å². The van der Waals surface area contributed by atoms with E-state index in [0.717, 1.165) is 40.8 Å². The van der Waals surface area contributed by atoms with Crippen LogP contribution in [0.2, 0.25) is 0 Å². The number of hydrogen-bond acceptors (Lipinski definition) is 4. The number of aliphatic imine (C=N–C) groups is 1. The topological polar surface area (TPSA) is 45.1 Å². The fourth-order valence-corrected chi connectivity index (χ4v) is 6.51. The van der Waals surface area contributed by atoms with Crippen LogP contribution in [0.15, 0.2) is 89.9 Å². The van der Waals surface area contributed by atoms with Crippen molar-refractivity contribution in [1.82, 2.24) is 0 Å². The highest BCUT2D eigenvalue weighted by Crippen LogP contribution is 2.50. The van der Waals surface area contributed by atoms with Crippen molar-refractivity contribution in [2.75, 3.05) is 25.1 Å². The Kier molecular flexibility index (Phi) is 6.63. The molecule has 37 heavy (non-hydrogen) atoms. The van der Waals surface area contributed by atoms with Crippen molar-refractivity contribution in [2.45, 2.75) is 24.7 Å². The first-order chi connectivity index (χ1) is 18.1. The summed E-state index contributed by atoms with van der Waals surface area (Å²) >= 11 is 2.12. The van der Waals surface area contributed by atoms with Gasteiger partial charge in [-0.05, 0) is 87.5 Å². The van der Waals surface area contributed by atoms with Crippen LogP contribution in [-0.4, -0.2) is 31.5 Å². The van der Waals surface area contributed by atoms with E-state index in [1.165, 1.54) is 27.9 Å². The Morgan fingerprint density at radius 1 is 0.865 bits per heavy atom. The second kappa shape index (κ2) is 10.2. The highest BCUT2D eigenvalue weighted by molar-refractivity contribution is 14.1. The summed E-state index contributed by atoms with van der Waals surface area (Å²) in [4.78, 5) is 7.55. The largest absolute Gasteiger partial charge is 0.504 e. The molecule has 6 rings (SSSR count). The lowest BCUT2D eigenvalue weighted by atomic mass is 9.76. The number of anilines is 1. The van der Waals surface area contributed by atoms with Crippen LogP contribution in [0.1, 0.15) is 52.5 Å². The molecule has 4 aromatic carbocycles. The molecule has 0 radical (unpaired) electrons. The van der Waals surface area contributed by atoms with Gasteiger partial charge in [0.15, 0.2) is 11.5 Å². The molecular weight excluding hydrogens is 571 g/mol. The molecule has 2 heterocycles. The predicted octanol–water partition coefficient (Wildman–Crippen LogP) is 7.63. The summed E-state index contributed by atoms with van der Waals surface area (Å²) in [5.41, 5.74) is 8.74. The van der Waals surface area contributed by atoms with Crippen LogP contribution in [0, 0.1) is 3.57 Å². The van der Waals surface area contributed by atoms with Crippen molar-refractivity contribution < 1.29 is 9.84 Å². The van der Waals surface area contributed by atoms with Gasteiger partial charge in [0.05, 0.1) is 16.4 Å². The normalized spacial score (nSPS) is 18.6. The van der Waals surface area contributed by atoms with Gasteiger partial charge in [-0.3, -0.25) is 4.99 Å². The zero-order valence-corrected chi connectivity index (χ0v) is 22.9. The fourth-order valence-electron chi connectivity index (χ4n) is 5.89. The van der Waals surface area contributed by atoms with E-state index >= 15 is 0 Å². The molecule has 0 aromatic heterocycles. The monoisotopic (exact) mass is 600 g/mol. The first-order valence-electron chi connectivity index (χ1n) is 12.8. The standard InChI is InChI=1S/C32H29IN2O2/c1-37-30-17-21(16-29(33)32(30)36)20-34-24-18-27-25(22-8-4-2-5-9-22)12-14-35-15-13-26(28(19-24)31(27)35)23-10-6-3-7-11-23/h2-11,16-20,25-26,36H,12-15H2,1H3/t25-,26-/m1/s1. The van der Waals surface area contributed by atoms with Gasteiger partial charge in [-0.15, -0.1) is 0 Å². The van der Waals surface area contributed by atoms with Crippen LogP contribution < -0.4 is 9.64 Å². The molecule has 0 saturated heterocycles. The molecule has 2 atom stereocenters. The van der Waals surface area contributed by atoms with Crippen molar-refractivity contribution in [3.63, 3.8) is 0 Å². The van der Waals surface area contributed by atoms with Gasteiger partial charge in [-0.2, -0.15) is 0 Å². The van der Waals surface area contributed by atoms with E-state index in [1.807, 2.05) is 18.3 Å². The Bertz CT molecular complexity index is 1380. The van der Waals surface area contributed by atoms with Gasteiger partial charge in [0, 0.05) is 36.8 Å². The molecule has 1 N–H and O–H groups in total. The van der Waals surface area contributed by atoms with E-state index in [2.05, 4.69) is 100 Å². The van der Waals surface area contributed by atoms with Crippen LogP contribution in [0.5, 0.6) is 11.5 Å². The molecule has 0 saturated carbocycles. The molecule has 0 spiro atoms. The summed E-state index contributed by atoms with van der Waals surface area (Å²) in [7, 11) is 1.57. The third-order valence-electron chi connectivity index (χ3n) is 7.63. The third-order valence-corrected chi connectivity index (χ3v) is 8.46. The third kappa shape index (κ3) is 4.61. The number of phenols is 1. The summed E-state index contributed by atoms with van der Waals surface area (Å²) in [5.74, 6) is 1.32. The molecule has 0 aliphatic carbocycles. The average Bonchev–Trinajstić information content (AvgIpc) is 2.95. The Labute approximate surface area is 231 Å². The van der Waals surface area contributed by atoms with E-state index in [1.54, 1.807) is 7.11 Å². The maximum atomic E-state index is 10.2. The Morgan fingerprint density at radius 3 is 1.97 bits per heavy atom. The number of benzene rings is 4. The number of halogens is 1. The van der Waals surface area contributed by atoms with Crippen LogP contribution in [0.25, 0.3) is 0 Å². The summed E-state index contributed by atoms with van der Waals surface area (Å²) in [6, 6.07) is 30.1. The van der Waals surface area contributed by atoms with E-state index in [9.17, 15) is 5.11 Å². The van der Waals surface area contributed by atoms with E-state index < -0.39 is 0 Å². The first-order valence-corrected chi connectivity index (χ1v) is 13.8. The van der Waals surface area contributed by atoms with Crippen molar-refractivity contribution in [1.29, 1.82) is 0 Å². The second-order valence-corrected chi connectivity index (χ2v) is 10.9. The van der Waals surface area contributed by atoms with Crippen molar-refractivity contribution in [3.8, 4) is 11.5 Å². The summed E-state index contributed by atoms with van der Waals surface area (Å²) in [5, 5.41) is 10.2. The molecule has 4 aromatic rings. The van der Waals surface area contributed by atoms with Gasteiger partial charge in [-0.1, -0.05) is 60.7 Å². The van der Waals surface area contributed by atoms with Crippen LogP contribution >= 0.6 is 22.6 Å². The molecule has 4 nitrogen and oxygen atoms in total. The average molecular weight is 601 g/mol. The summed E-state index contributed by atoms with van der Waals surface area (Å²) in [6.45, 7) is 2.16. The fraction of sp³-hybridized carbons (Fsp3) is 0.219. The zero-order chi connectivity index (χ0) is 25.4. The van der Waals surface area contributed by atoms with Crippen molar-refractivity contribution >= 4 is 40.2 Å². The Balaban J connectivity index is 1.49. The van der Waals surface area contributed by atoms with E-state index in [4.69, 9.17) is 9.73 Å². The minimum absolute atomic E-state index is 0.162. The lowest BCUT2D eigenvalue weighted by Crippen LogP contribution is -2.37. The number of hydrogen-bond donors (Lipinski definition) is 1. The highest BCUT2D eigenvalue weighted by Gasteiger charge is 2.35. The molecule has 0 unspecified atom stereocenters. The maximum Gasteiger partial charge on any atom is 0.171 e. The lowest BCUT2D eigenvalue weighted by Gasteiger charge is -2.43. The van der Waals surface area contributed by atoms with Gasteiger partial charge in [0.2, 0.25) is 0 Å². The SMILES string of the molecule is COc1cc(C=Nc2cc3c4c(c2)[C@@H](c2ccccc2)CCN4CC[C@@H]3c2ccccc2)cc(I)c1O. The smallest absolute Gasteiger partial charge is 0.171 e. The lowest BCUT2D eigenvalue weighted by molar-refractivity contribution is 0.371. The Morgan fingerprint density at radius 2 is 1.43 bits per heavy atom. The van der Waals surface area contributed by atoms with Gasteiger partial charge < -0.3 is 14.7 Å². The Hall–Kier alpha value is -3.32. The predicted molar refractivity (Wildman–Crippen MR) is 159 cm³/mol. The van der Waals surface area contributed by atoms with Crippen LogP contribution in [0.4, 0.5) is 11.4 Å². The number of ether oxygens (including phenoxy) is 1. The van der Waals surface area contributed by atoms with Gasteiger partial charge in [0.25, 0.3) is 0 Å². The molecule has 0 fully saturated rings. The molecule has 2 aliphatic heterocycles. The number of aromatic hydroxyl groups is 1. The molecule has 0 bridgehead atoms. The van der Waals surface area contributed by atoms with E-state index in [0.29, 0.717) is 17.6 Å². The second-order valence-electron chi connectivity index (χ2n) is 9.78. The van der Waals surface area contributed by atoms with E-state index in [-0.39, 0.29) is 5.75 Å². The number of nitrogens with zero attached hydrogens (tertiary/aromatic N) is 2.